The average Bonchev–Trinajstić information content (AvgIpc) is 1.73. The van der Waals surface area contributed by atoms with E-state index in [1.165, 1.54) is 6.16 Å². The topological polar surface area (TPSA) is 0 Å². The molecule has 0 radical (unpaired) electrons. The van der Waals surface area contributed by atoms with E-state index in [0.29, 0.717) is 0 Å². The first-order chi connectivity index (χ1) is 3.27. The molecule has 0 aliphatic carbocycles. The third kappa shape index (κ3) is 18.9. The molecule has 44 valence electrons. The van der Waals surface area contributed by atoms with Crippen molar-refractivity contribution < 1.29 is 0 Å². The zero-order valence-electron chi connectivity index (χ0n) is 4.94. The number of halogens is 1. The molecule has 0 aliphatic heterocycles. The summed E-state index contributed by atoms with van der Waals surface area (Å²) >= 11 is 6.99. The Morgan fingerprint density at radius 1 is 1.57 bits per heavy atom. The van der Waals surface area contributed by atoms with E-state index in [2.05, 4.69) is 36.2 Å². The number of hydrogen-bond acceptors (Lipinski definition) is 1. The van der Waals surface area contributed by atoms with Gasteiger partial charge in [-0.1, -0.05) is 22.6 Å². The lowest BCUT2D eigenvalue weighted by Crippen LogP contribution is -1.54. The second-order valence-corrected chi connectivity index (χ2v) is 4.70. The fourth-order valence-corrected chi connectivity index (χ4v) is 0. The summed E-state index contributed by atoms with van der Waals surface area (Å²) in [5.41, 5.74) is 0. The molecular formula is C4H11IPS+. The van der Waals surface area contributed by atoms with Crippen molar-refractivity contribution in [3.05, 3.63) is 0 Å². The van der Waals surface area contributed by atoms with Crippen LogP contribution in [0.1, 0.15) is 6.92 Å². The minimum absolute atomic E-state index is 0.0149. The van der Waals surface area contributed by atoms with Gasteiger partial charge in [0.2, 0.25) is 0 Å². The van der Waals surface area contributed by atoms with Crippen molar-refractivity contribution in [3.63, 3.8) is 0 Å². The standard InChI is InChI=1S/C3H8PS.CH3I/c1-3-4(2)5;1-2/h3H2,1-2H3;1H3/q+1;. The van der Waals surface area contributed by atoms with Crippen LogP contribution in [0.2, 0.25) is 0 Å². The van der Waals surface area contributed by atoms with E-state index >= 15 is 0 Å². The molecule has 0 aromatic rings. The van der Waals surface area contributed by atoms with Gasteiger partial charge in [0.15, 0.2) is 18.5 Å². The van der Waals surface area contributed by atoms with E-state index in [1.807, 2.05) is 4.93 Å². The van der Waals surface area contributed by atoms with Crippen LogP contribution in [-0.4, -0.2) is 17.8 Å². The maximum absolute atomic E-state index is 4.84. The van der Waals surface area contributed by atoms with Crippen molar-refractivity contribution in [1.29, 1.82) is 0 Å². The lowest BCUT2D eigenvalue weighted by molar-refractivity contribution is 1.52. The molecule has 0 heterocycles. The first-order valence-electron chi connectivity index (χ1n) is 2.03. The summed E-state index contributed by atoms with van der Waals surface area (Å²) in [6.45, 7) is 4.21. The fourth-order valence-electron chi connectivity index (χ4n) is 0. The summed E-state index contributed by atoms with van der Waals surface area (Å²) in [7, 11) is 0. The Morgan fingerprint density at radius 2 is 1.71 bits per heavy atom. The summed E-state index contributed by atoms with van der Waals surface area (Å²) in [6.07, 6.45) is 1.19. The highest BCUT2D eigenvalue weighted by atomic mass is 127. The van der Waals surface area contributed by atoms with E-state index in [-0.39, 0.29) is 6.70 Å². The van der Waals surface area contributed by atoms with Crippen LogP contribution >= 0.6 is 29.3 Å². The first-order valence-corrected chi connectivity index (χ1v) is 7.18. The van der Waals surface area contributed by atoms with Gasteiger partial charge < -0.3 is 0 Å². The Hall–Kier alpha value is 1.25. The summed E-state index contributed by atoms with van der Waals surface area (Å²) in [4.78, 5) is 1.97. The molecule has 1 unspecified atom stereocenters. The van der Waals surface area contributed by atoms with E-state index < -0.39 is 0 Å². The summed E-state index contributed by atoms with van der Waals surface area (Å²) in [5.74, 6) is 0. The van der Waals surface area contributed by atoms with Gasteiger partial charge in [-0.2, -0.15) is 0 Å². The minimum Gasteiger partial charge on any atom is -0.0901 e. The molecular weight excluding hydrogens is 238 g/mol. The van der Waals surface area contributed by atoms with Gasteiger partial charge in [0.1, 0.15) is 12.8 Å². The lowest BCUT2D eigenvalue weighted by atomic mass is 11.0. The third-order valence-electron chi connectivity index (χ3n) is 0.445. The van der Waals surface area contributed by atoms with Crippen molar-refractivity contribution in [3.8, 4) is 0 Å². The van der Waals surface area contributed by atoms with Crippen molar-refractivity contribution in [2.75, 3.05) is 17.8 Å². The fraction of sp³-hybridized carbons (Fsp3) is 1.00. The predicted octanol–water partition coefficient (Wildman–Crippen LogP) is 2.63. The van der Waals surface area contributed by atoms with Crippen LogP contribution in [-0.2, 0) is 11.8 Å². The second kappa shape index (κ2) is 10.3. The summed E-state index contributed by atoms with van der Waals surface area (Å²) in [6, 6.07) is 0. The van der Waals surface area contributed by atoms with Crippen molar-refractivity contribution >= 4 is 41.1 Å². The van der Waals surface area contributed by atoms with Crippen LogP contribution in [0, 0.1) is 0 Å². The minimum atomic E-state index is -0.0149. The van der Waals surface area contributed by atoms with Crippen molar-refractivity contribution in [2.45, 2.75) is 6.92 Å². The molecule has 0 aliphatic rings. The number of alkyl halides is 1. The van der Waals surface area contributed by atoms with Gasteiger partial charge >= 0.3 is 0 Å². The largest absolute Gasteiger partial charge is 0.171 e. The summed E-state index contributed by atoms with van der Waals surface area (Å²) < 4.78 is 0. The lowest BCUT2D eigenvalue weighted by Gasteiger charge is -1.61. The average molecular weight is 249 g/mol. The van der Waals surface area contributed by atoms with Crippen LogP contribution in [0.25, 0.3) is 0 Å². The highest BCUT2D eigenvalue weighted by molar-refractivity contribution is 14.1. The molecule has 0 aromatic heterocycles. The number of hydrogen-bond donors (Lipinski definition) is 0. The highest BCUT2D eigenvalue weighted by Crippen LogP contribution is 2.10. The molecule has 0 bridgehead atoms. The van der Waals surface area contributed by atoms with E-state index in [1.54, 1.807) is 0 Å². The van der Waals surface area contributed by atoms with Gasteiger partial charge in [-0.05, 0) is 11.9 Å². The van der Waals surface area contributed by atoms with Gasteiger partial charge in [-0.15, -0.1) is 0 Å². The zero-order valence-corrected chi connectivity index (χ0v) is 8.81. The highest BCUT2D eigenvalue weighted by Gasteiger charge is 1.86. The Balaban J connectivity index is 0. The number of rotatable bonds is 1. The molecule has 0 N–H and O–H groups in total. The molecule has 0 saturated heterocycles. The third-order valence-corrected chi connectivity index (χ3v) is 2.11. The van der Waals surface area contributed by atoms with Crippen LogP contribution in [0.5, 0.6) is 0 Å². The zero-order chi connectivity index (χ0) is 6.28. The van der Waals surface area contributed by atoms with Gasteiger partial charge in [0, 0.05) is 0 Å². The van der Waals surface area contributed by atoms with Crippen LogP contribution in [0.4, 0.5) is 0 Å². The van der Waals surface area contributed by atoms with E-state index in [4.69, 9.17) is 11.8 Å². The molecule has 0 spiro atoms. The van der Waals surface area contributed by atoms with Crippen molar-refractivity contribution in [1.82, 2.24) is 0 Å². The SMILES string of the molecule is CC[P+](C)=S.CI. The molecule has 0 rings (SSSR count). The molecule has 0 saturated carbocycles. The van der Waals surface area contributed by atoms with Crippen LogP contribution < -0.4 is 0 Å². The predicted molar refractivity (Wildman–Crippen MR) is 50.7 cm³/mol. The Labute approximate surface area is 65.6 Å². The molecule has 0 fully saturated rings. The smallest absolute Gasteiger partial charge is 0.0901 e. The molecule has 3 heteroatoms. The molecule has 0 amide bonds. The molecule has 1 atom stereocenters. The van der Waals surface area contributed by atoms with Crippen molar-refractivity contribution in [2.24, 2.45) is 0 Å². The Morgan fingerprint density at radius 3 is 1.71 bits per heavy atom. The molecule has 0 nitrogen and oxygen atoms in total. The quantitative estimate of drug-likeness (QED) is 0.391. The monoisotopic (exact) mass is 249 g/mol. The second-order valence-electron chi connectivity index (χ2n) is 0.944. The van der Waals surface area contributed by atoms with Gasteiger partial charge in [0.05, 0.1) is 0 Å². The van der Waals surface area contributed by atoms with Crippen LogP contribution in [0.3, 0.4) is 0 Å². The van der Waals surface area contributed by atoms with E-state index in [0.717, 1.165) is 0 Å². The summed E-state index contributed by atoms with van der Waals surface area (Å²) in [5, 5.41) is 0. The van der Waals surface area contributed by atoms with Gasteiger partial charge in [0.25, 0.3) is 0 Å². The molecule has 0 aromatic carbocycles. The molecule has 7 heavy (non-hydrogen) atoms. The van der Waals surface area contributed by atoms with Crippen LogP contribution in [0.15, 0.2) is 0 Å². The first kappa shape index (κ1) is 11.1. The van der Waals surface area contributed by atoms with Gasteiger partial charge in [-0.3, -0.25) is 0 Å². The Bertz CT molecular complexity index is 47.0. The maximum atomic E-state index is 4.84. The van der Waals surface area contributed by atoms with Gasteiger partial charge in [-0.25, -0.2) is 0 Å². The van der Waals surface area contributed by atoms with E-state index in [9.17, 15) is 0 Å². The maximum Gasteiger partial charge on any atom is 0.171 e. The Kier molecular flexibility index (Phi) is 16.3. The normalized spacial score (nSPS) is 8.86.